The van der Waals surface area contributed by atoms with Crippen LogP contribution < -0.4 is 11.1 Å². The van der Waals surface area contributed by atoms with Gasteiger partial charge in [0.05, 0.1) is 11.8 Å². The number of nitrogens with two attached hydrogens (primary N) is 1. The number of nitrogens with one attached hydrogen (secondary N) is 1. The van der Waals surface area contributed by atoms with Gasteiger partial charge in [0.15, 0.2) is 18.0 Å². The number of esters is 3. The molecule has 3 heterocycles. The van der Waals surface area contributed by atoms with Gasteiger partial charge in [-0.3, -0.25) is 9.59 Å². The molecule has 0 aliphatic carbocycles. The van der Waals surface area contributed by atoms with Crippen LogP contribution in [0.4, 0.5) is 10.6 Å². The molecular weight excluding hydrogens is 528 g/mol. The van der Waals surface area contributed by atoms with Crippen LogP contribution in [0, 0.1) is 17.2 Å². The zero-order chi connectivity index (χ0) is 29.8. The Morgan fingerprint density at radius 2 is 1.85 bits per heavy atom. The van der Waals surface area contributed by atoms with E-state index in [0.29, 0.717) is 5.52 Å². The first-order chi connectivity index (χ1) is 18.8. The van der Waals surface area contributed by atoms with Crippen molar-refractivity contribution in [2.24, 2.45) is 5.92 Å². The highest BCUT2D eigenvalue weighted by molar-refractivity contribution is 5.81. The molecule has 40 heavy (non-hydrogen) atoms. The number of amides is 1. The van der Waals surface area contributed by atoms with Gasteiger partial charge in [-0.05, 0) is 31.9 Å². The van der Waals surface area contributed by atoms with Gasteiger partial charge in [0.1, 0.15) is 36.7 Å². The lowest BCUT2D eigenvalue weighted by molar-refractivity contribution is -0.166. The normalized spacial score (nSPS) is 22.9. The van der Waals surface area contributed by atoms with Crippen LogP contribution in [0.15, 0.2) is 18.5 Å². The number of nitrogen functional groups attached to an aromatic ring is 1. The highest BCUT2D eigenvalue weighted by atomic mass is 16.7. The Morgan fingerprint density at radius 3 is 2.42 bits per heavy atom. The highest BCUT2D eigenvalue weighted by Crippen LogP contribution is 2.43. The van der Waals surface area contributed by atoms with Gasteiger partial charge in [-0.2, -0.15) is 10.4 Å². The molecule has 2 aromatic heterocycles. The molecule has 0 bridgehead atoms. The van der Waals surface area contributed by atoms with Crippen molar-refractivity contribution in [2.45, 2.75) is 77.6 Å². The van der Waals surface area contributed by atoms with Crippen LogP contribution in [-0.2, 0) is 43.7 Å². The second kappa shape index (κ2) is 12.2. The predicted molar refractivity (Wildman–Crippen MR) is 135 cm³/mol. The maximum absolute atomic E-state index is 12.7. The maximum Gasteiger partial charge on any atom is 0.407 e. The number of carbonyl (C=O) groups is 4. The first-order valence-electron chi connectivity index (χ1n) is 12.5. The maximum atomic E-state index is 12.7. The smallest absolute Gasteiger partial charge is 0.407 e. The van der Waals surface area contributed by atoms with Gasteiger partial charge in [-0.15, -0.1) is 0 Å². The van der Waals surface area contributed by atoms with Crippen molar-refractivity contribution in [2.75, 3.05) is 12.3 Å². The number of hydrogen-bond acceptors (Lipinski definition) is 13. The zero-order valence-electron chi connectivity index (χ0n) is 22.9. The second-order valence-corrected chi connectivity index (χ2v) is 9.72. The first-order valence-corrected chi connectivity index (χ1v) is 12.5. The summed E-state index contributed by atoms with van der Waals surface area (Å²) < 4.78 is 28.8. The van der Waals surface area contributed by atoms with Gasteiger partial charge in [0.25, 0.3) is 0 Å². The van der Waals surface area contributed by atoms with Crippen LogP contribution in [-0.4, -0.2) is 75.7 Å². The summed E-state index contributed by atoms with van der Waals surface area (Å²) in [4.78, 5) is 53.1. The number of carbonyl (C=O) groups excluding carboxylic acids is 4. The SMILES string of the molecule is CC(=O)O[C@H]1[C@@H](OC(C)=O)[C@](C#N)(c2ccc3c(N)ncnn23)O[C@@H]1COC(=O)N[C@H](C(=O)OC(C)C)C(C)C. The molecule has 15 heteroatoms. The van der Waals surface area contributed by atoms with Crippen LogP contribution in [0.5, 0.6) is 0 Å². The molecule has 0 aromatic carbocycles. The molecular formula is C25H32N6O9. The predicted octanol–water partition coefficient (Wildman–Crippen LogP) is 0.995. The van der Waals surface area contributed by atoms with Gasteiger partial charge in [-0.1, -0.05) is 13.8 Å². The molecule has 3 rings (SSSR count). The molecule has 216 valence electrons. The van der Waals surface area contributed by atoms with Crippen LogP contribution in [0.25, 0.3) is 5.52 Å². The summed E-state index contributed by atoms with van der Waals surface area (Å²) in [6.07, 6.45) is -4.36. The minimum absolute atomic E-state index is 0.103. The summed E-state index contributed by atoms with van der Waals surface area (Å²) >= 11 is 0. The third-order valence-electron chi connectivity index (χ3n) is 5.95. The van der Waals surface area contributed by atoms with E-state index >= 15 is 0 Å². The van der Waals surface area contributed by atoms with E-state index in [9.17, 15) is 24.4 Å². The van der Waals surface area contributed by atoms with Crippen molar-refractivity contribution in [3.8, 4) is 6.07 Å². The second-order valence-electron chi connectivity index (χ2n) is 9.72. The van der Waals surface area contributed by atoms with Crippen molar-refractivity contribution in [3.05, 3.63) is 24.2 Å². The molecule has 1 fully saturated rings. The van der Waals surface area contributed by atoms with E-state index in [0.717, 1.165) is 20.2 Å². The number of nitriles is 1. The summed E-state index contributed by atoms with van der Waals surface area (Å²) in [5, 5.41) is 17.0. The fourth-order valence-electron chi connectivity index (χ4n) is 4.30. The Hall–Kier alpha value is -4.45. The fourth-order valence-corrected chi connectivity index (χ4v) is 4.30. The average molecular weight is 561 g/mol. The standard InChI is InChI=1S/C25H32N6O9/c1-12(2)19(23(34)37-13(3)4)30-24(35)36-9-17-20(38-14(5)32)21(39-15(6)33)25(10-26,40-17)18-8-7-16-22(27)28-11-29-31(16)18/h7-8,11-13,17,19-21H,9H2,1-6H3,(H,30,35)(H2,27,28,29)/t17-,19+,20-,21-,25+/m1/s1. The van der Waals surface area contributed by atoms with Crippen LogP contribution in [0.3, 0.4) is 0 Å². The molecule has 1 amide bonds. The number of anilines is 1. The Kier molecular flexibility index (Phi) is 9.15. The Labute approximate surface area is 229 Å². The van der Waals surface area contributed by atoms with Crippen LogP contribution in [0.1, 0.15) is 47.2 Å². The van der Waals surface area contributed by atoms with E-state index in [-0.39, 0.29) is 17.4 Å². The van der Waals surface area contributed by atoms with E-state index in [4.69, 9.17) is 29.4 Å². The van der Waals surface area contributed by atoms with E-state index in [1.807, 2.05) is 6.07 Å². The lowest BCUT2D eigenvalue weighted by Gasteiger charge is -2.28. The summed E-state index contributed by atoms with van der Waals surface area (Å²) in [6.45, 7) is 8.47. The van der Waals surface area contributed by atoms with Gasteiger partial charge in [-0.25, -0.2) is 19.1 Å². The van der Waals surface area contributed by atoms with E-state index < -0.39 is 66.7 Å². The Morgan fingerprint density at radius 1 is 1.18 bits per heavy atom. The van der Waals surface area contributed by atoms with Crippen molar-refractivity contribution >= 4 is 35.3 Å². The lowest BCUT2D eigenvalue weighted by atomic mass is 9.92. The van der Waals surface area contributed by atoms with Gasteiger partial charge in [0, 0.05) is 13.8 Å². The molecule has 0 spiro atoms. The summed E-state index contributed by atoms with van der Waals surface area (Å²) in [6, 6.07) is 4.03. The Bertz CT molecular complexity index is 1320. The van der Waals surface area contributed by atoms with Crippen LogP contribution >= 0.6 is 0 Å². The lowest BCUT2D eigenvalue weighted by Crippen LogP contribution is -2.47. The van der Waals surface area contributed by atoms with Crippen molar-refractivity contribution in [3.63, 3.8) is 0 Å². The summed E-state index contributed by atoms with van der Waals surface area (Å²) in [5.41, 5.74) is 4.31. The summed E-state index contributed by atoms with van der Waals surface area (Å²) in [7, 11) is 0. The number of rotatable bonds is 9. The number of alkyl carbamates (subject to hydrolysis) is 1. The number of nitrogens with zero attached hydrogens (tertiary/aromatic N) is 4. The molecule has 1 saturated heterocycles. The fraction of sp³-hybridized carbons (Fsp3) is 0.560. The molecule has 0 unspecified atom stereocenters. The molecule has 1 aliphatic heterocycles. The van der Waals surface area contributed by atoms with E-state index in [2.05, 4.69) is 15.4 Å². The molecule has 5 atom stereocenters. The minimum atomic E-state index is -2.06. The number of hydrogen-bond donors (Lipinski definition) is 2. The molecule has 0 saturated carbocycles. The quantitative estimate of drug-likeness (QED) is 0.324. The minimum Gasteiger partial charge on any atom is -0.461 e. The largest absolute Gasteiger partial charge is 0.461 e. The topological polar surface area (TPSA) is 206 Å². The highest BCUT2D eigenvalue weighted by Gasteiger charge is 2.62. The number of aromatic nitrogens is 3. The number of fused-ring (bicyclic) bond motifs is 1. The third kappa shape index (κ3) is 6.23. The molecule has 1 aliphatic rings. The van der Waals surface area contributed by atoms with E-state index in [1.54, 1.807) is 33.8 Å². The monoisotopic (exact) mass is 560 g/mol. The number of ether oxygens (including phenoxy) is 5. The zero-order valence-corrected chi connectivity index (χ0v) is 22.9. The average Bonchev–Trinajstić information content (AvgIpc) is 3.41. The summed E-state index contributed by atoms with van der Waals surface area (Å²) in [5.74, 6) is -2.41. The molecule has 15 nitrogen and oxygen atoms in total. The van der Waals surface area contributed by atoms with Crippen molar-refractivity contribution in [1.29, 1.82) is 5.26 Å². The third-order valence-corrected chi connectivity index (χ3v) is 5.95. The van der Waals surface area contributed by atoms with Gasteiger partial charge < -0.3 is 34.7 Å². The molecule has 0 radical (unpaired) electrons. The van der Waals surface area contributed by atoms with E-state index in [1.165, 1.54) is 10.6 Å². The van der Waals surface area contributed by atoms with Crippen LogP contribution in [0.2, 0.25) is 0 Å². The first kappa shape index (κ1) is 30.1. The Balaban J connectivity index is 1.94. The molecule has 2 aromatic rings. The molecule has 3 N–H and O–H groups in total. The van der Waals surface area contributed by atoms with Crippen molar-refractivity contribution in [1.82, 2.24) is 19.9 Å². The van der Waals surface area contributed by atoms with Gasteiger partial charge in [0.2, 0.25) is 5.60 Å². The van der Waals surface area contributed by atoms with Crippen molar-refractivity contribution < 1.29 is 42.9 Å². The van der Waals surface area contributed by atoms with Gasteiger partial charge >= 0.3 is 24.0 Å².